The SMILES string of the molecule is CN(C)C(=O)C1(Cc2ccccc2-c2ccccc2)CCN(C(=O)c2cnn(C)c2)CC1. The fraction of sp³-hybridized carbons (Fsp3) is 0.346. The van der Waals surface area contributed by atoms with Gasteiger partial charge in [-0.15, -0.1) is 0 Å². The number of benzene rings is 2. The van der Waals surface area contributed by atoms with E-state index in [9.17, 15) is 9.59 Å². The van der Waals surface area contributed by atoms with Crippen LogP contribution in [0.5, 0.6) is 0 Å². The van der Waals surface area contributed by atoms with Gasteiger partial charge in [-0.1, -0.05) is 54.6 Å². The first kappa shape index (κ1) is 21.8. The van der Waals surface area contributed by atoms with Gasteiger partial charge in [-0.25, -0.2) is 0 Å². The van der Waals surface area contributed by atoms with Crippen molar-refractivity contribution in [1.29, 1.82) is 0 Å². The quantitative estimate of drug-likeness (QED) is 0.621. The van der Waals surface area contributed by atoms with E-state index in [0.29, 0.717) is 37.9 Å². The summed E-state index contributed by atoms with van der Waals surface area (Å²) < 4.78 is 1.64. The van der Waals surface area contributed by atoms with Crippen LogP contribution < -0.4 is 0 Å². The maximum Gasteiger partial charge on any atom is 0.257 e. The standard InChI is InChI=1S/C26H30N4O2/c1-28(2)25(32)26(13-15-30(16-14-26)24(31)22-18-27-29(3)19-22)17-21-11-7-8-12-23(21)20-9-5-4-6-10-20/h4-12,18-19H,13-17H2,1-3H3. The number of carbonyl (C=O) groups is 2. The Kier molecular flexibility index (Phi) is 6.12. The summed E-state index contributed by atoms with van der Waals surface area (Å²) in [7, 11) is 5.44. The molecule has 6 nitrogen and oxygen atoms in total. The third kappa shape index (κ3) is 4.31. The van der Waals surface area contributed by atoms with Crippen molar-refractivity contribution in [2.75, 3.05) is 27.2 Å². The Morgan fingerprint density at radius 1 is 1.00 bits per heavy atom. The summed E-state index contributed by atoms with van der Waals surface area (Å²) in [6.07, 6.45) is 5.28. The molecule has 1 aromatic heterocycles. The largest absolute Gasteiger partial charge is 0.348 e. The van der Waals surface area contributed by atoms with Crippen LogP contribution in [0.15, 0.2) is 67.0 Å². The first-order valence-corrected chi connectivity index (χ1v) is 11.0. The van der Waals surface area contributed by atoms with Gasteiger partial charge in [0, 0.05) is 40.4 Å². The van der Waals surface area contributed by atoms with E-state index in [0.717, 1.165) is 11.1 Å². The minimum absolute atomic E-state index is 0.0197. The molecule has 0 spiro atoms. The second-order valence-corrected chi connectivity index (χ2v) is 8.87. The molecular weight excluding hydrogens is 400 g/mol. The molecule has 2 amide bonds. The first-order chi connectivity index (χ1) is 15.4. The average Bonchev–Trinajstić information content (AvgIpc) is 3.25. The van der Waals surface area contributed by atoms with Gasteiger partial charge in [0.2, 0.25) is 5.91 Å². The van der Waals surface area contributed by atoms with Crippen LogP contribution in [0.4, 0.5) is 0 Å². The summed E-state index contributed by atoms with van der Waals surface area (Å²) in [6.45, 7) is 1.11. The van der Waals surface area contributed by atoms with E-state index < -0.39 is 5.41 Å². The van der Waals surface area contributed by atoms with Crippen LogP contribution in [0.3, 0.4) is 0 Å². The third-order valence-electron chi connectivity index (χ3n) is 6.45. The first-order valence-electron chi connectivity index (χ1n) is 11.0. The molecule has 166 valence electrons. The number of piperidine rings is 1. The van der Waals surface area contributed by atoms with Gasteiger partial charge < -0.3 is 9.80 Å². The molecule has 4 rings (SSSR count). The molecule has 0 aliphatic carbocycles. The molecule has 3 aromatic rings. The molecule has 0 saturated carbocycles. The van der Waals surface area contributed by atoms with Crippen molar-refractivity contribution in [3.8, 4) is 11.1 Å². The van der Waals surface area contributed by atoms with E-state index in [4.69, 9.17) is 0 Å². The molecule has 0 radical (unpaired) electrons. The lowest BCUT2D eigenvalue weighted by molar-refractivity contribution is -0.142. The van der Waals surface area contributed by atoms with Crippen LogP contribution in [-0.4, -0.2) is 58.6 Å². The van der Waals surface area contributed by atoms with Gasteiger partial charge in [-0.05, 0) is 36.0 Å². The van der Waals surface area contributed by atoms with Crippen molar-refractivity contribution in [2.45, 2.75) is 19.3 Å². The van der Waals surface area contributed by atoms with Crippen LogP contribution >= 0.6 is 0 Å². The van der Waals surface area contributed by atoms with Crippen LogP contribution in [0, 0.1) is 5.41 Å². The molecule has 0 bridgehead atoms. The zero-order chi connectivity index (χ0) is 22.7. The summed E-state index contributed by atoms with van der Waals surface area (Å²) in [5.74, 6) is 0.113. The van der Waals surface area contributed by atoms with Crippen LogP contribution in [0.1, 0.15) is 28.8 Å². The second kappa shape index (κ2) is 8.99. The van der Waals surface area contributed by atoms with Crippen molar-refractivity contribution in [2.24, 2.45) is 12.5 Å². The van der Waals surface area contributed by atoms with Crippen molar-refractivity contribution in [3.05, 3.63) is 78.1 Å². The molecule has 2 aromatic carbocycles. The Hall–Kier alpha value is -3.41. The number of carbonyl (C=O) groups excluding carboxylic acids is 2. The number of likely N-dealkylation sites (tertiary alicyclic amines) is 1. The van der Waals surface area contributed by atoms with Gasteiger partial charge in [-0.3, -0.25) is 14.3 Å². The number of nitrogens with zero attached hydrogens (tertiary/aromatic N) is 4. The Labute approximate surface area is 189 Å². The highest BCUT2D eigenvalue weighted by Crippen LogP contribution is 2.39. The molecule has 1 saturated heterocycles. The van der Waals surface area contributed by atoms with Crippen LogP contribution in [0.25, 0.3) is 11.1 Å². The number of aromatic nitrogens is 2. The van der Waals surface area contributed by atoms with E-state index in [-0.39, 0.29) is 11.8 Å². The van der Waals surface area contributed by atoms with Gasteiger partial charge in [0.1, 0.15) is 0 Å². The van der Waals surface area contributed by atoms with Crippen molar-refractivity contribution >= 4 is 11.8 Å². The van der Waals surface area contributed by atoms with E-state index in [1.807, 2.05) is 49.3 Å². The zero-order valence-corrected chi connectivity index (χ0v) is 19.0. The molecular formula is C26H30N4O2. The minimum atomic E-state index is -0.528. The topological polar surface area (TPSA) is 58.4 Å². The minimum Gasteiger partial charge on any atom is -0.348 e. The maximum atomic E-state index is 13.4. The highest BCUT2D eigenvalue weighted by molar-refractivity contribution is 5.94. The summed E-state index contributed by atoms with van der Waals surface area (Å²) in [4.78, 5) is 29.9. The fourth-order valence-corrected chi connectivity index (χ4v) is 4.73. The molecule has 2 heterocycles. The predicted octanol–water partition coefficient (Wildman–Crippen LogP) is 3.64. The van der Waals surface area contributed by atoms with Gasteiger partial charge in [0.25, 0.3) is 5.91 Å². The highest BCUT2D eigenvalue weighted by atomic mass is 16.2. The van der Waals surface area contributed by atoms with E-state index in [2.05, 4.69) is 29.4 Å². The molecule has 0 unspecified atom stereocenters. The Morgan fingerprint density at radius 3 is 2.28 bits per heavy atom. The smallest absolute Gasteiger partial charge is 0.257 e. The number of hydrogen-bond donors (Lipinski definition) is 0. The van der Waals surface area contributed by atoms with E-state index in [1.165, 1.54) is 5.56 Å². The molecule has 1 aliphatic rings. The normalized spacial score (nSPS) is 15.4. The van der Waals surface area contributed by atoms with Crippen molar-refractivity contribution in [1.82, 2.24) is 19.6 Å². The molecule has 0 atom stereocenters. The number of amides is 2. The lowest BCUT2D eigenvalue weighted by atomic mass is 9.71. The van der Waals surface area contributed by atoms with E-state index in [1.54, 1.807) is 29.0 Å². The van der Waals surface area contributed by atoms with Gasteiger partial charge in [0.05, 0.1) is 17.2 Å². The zero-order valence-electron chi connectivity index (χ0n) is 19.0. The van der Waals surface area contributed by atoms with Crippen LogP contribution in [0.2, 0.25) is 0 Å². The average molecular weight is 431 g/mol. The Bertz CT molecular complexity index is 1100. The second-order valence-electron chi connectivity index (χ2n) is 8.87. The molecule has 1 fully saturated rings. The third-order valence-corrected chi connectivity index (χ3v) is 6.45. The molecule has 1 aliphatic heterocycles. The number of hydrogen-bond acceptors (Lipinski definition) is 3. The lowest BCUT2D eigenvalue weighted by Gasteiger charge is -2.42. The molecule has 32 heavy (non-hydrogen) atoms. The number of rotatable bonds is 5. The van der Waals surface area contributed by atoms with Crippen molar-refractivity contribution in [3.63, 3.8) is 0 Å². The molecule has 0 N–H and O–H groups in total. The number of aryl methyl sites for hydroxylation is 1. The van der Waals surface area contributed by atoms with Crippen LogP contribution in [-0.2, 0) is 18.3 Å². The predicted molar refractivity (Wildman–Crippen MR) is 125 cm³/mol. The van der Waals surface area contributed by atoms with Gasteiger partial charge >= 0.3 is 0 Å². The maximum absolute atomic E-state index is 13.4. The highest BCUT2D eigenvalue weighted by Gasteiger charge is 2.43. The van der Waals surface area contributed by atoms with Crippen molar-refractivity contribution < 1.29 is 9.59 Å². The summed E-state index contributed by atoms with van der Waals surface area (Å²) in [5, 5.41) is 4.12. The summed E-state index contributed by atoms with van der Waals surface area (Å²) in [6, 6.07) is 18.6. The summed E-state index contributed by atoms with van der Waals surface area (Å²) in [5.41, 5.74) is 3.54. The Balaban J connectivity index is 1.60. The van der Waals surface area contributed by atoms with E-state index >= 15 is 0 Å². The lowest BCUT2D eigenvalue weighted by Crippen LogP contribution is -2.51. The Morgan fingerprint density at radius 2 is 1.66 bits per heavy atom. The fourth-order valence-electron chi connectivity index (χ4n) is 4.73. The van der Waals surface area contributed by atoms with Gasteiger partial charge in [-0.2, -0.15) is 5.10 Å². The molecule has 6 heteroatoms. The summed E-state index contributed by atoms with van der Waals surface area (Å²) >= 11 is 0. The monoisotopic (exact) mass is 430 g/mol. The van der Waals surface area contributed by atoms with Gasteiger partial charge in [0.15, 0.2) is 0 Å².